The quantitative estimate of drug-likeness (QED) is 0.903. The van der Waals surface area contributed by atoms with Gasteiger partial charge in [0.2, 0.25) is 0 Å². The number of aryl methyl sites for hydroxylation is 1. The highest BCUT2D eigenvalue weighted by Crippen LogP contribution is 2.40. The van der Waals surface area contributed by atoms with Crippen LogP contribution in [0.3, 0.4) is 0 Å². The van der Waals surface area contributed by atoms with Crippen molar-refractivity contribution in [3.63, 3.8) is 0 Å². The first-order valence-corrected chi connectivity index (χ1v) is 8.56. The summed E-state index contributed by atoms with van der Waals surface area (Å²) in [6.07, 6.45) is 1.60. The van der Waals surface area contributed by atoms with Gasteiger partial charge in [-0.3, -0.25) is 9.69 Å². The van der Waals surface area contributed by atoms with E-state index in [2.05, 4.69) is 24.0 Å². The Morgan fingerprint density at radius 3 is 2.77 bits per heavy atom. The summed E-state index contributed by atoms with van der Waals surface area (Å²) in [6.45, 7) is 2.85. The maximum atomic E-state index is 11.6. The van der Waals surface area contributed by atoms with E-state index in [-0.39, 0.29) is 6.04 Å². The highest BCUT2D eigenvalue weighted by atomic mass is 35.5. The van der Waals surface area contributed by atoms with Gasteiger partial charge in [-0.2, -0.15) is 0 Å². The van der Waals surface area contributed by atoms with E-state index in [0.29, 0.717) is 11.4 Å². The lowest BCUT2D eigenvalue weighted by atomic mass is 10.0. The molecule has 1 N–H and O–H groups in total. The minimum Gasteiger partial charge on any atom is -0.480 e. The lowest BCUT2D eigenvalue weighted by Gasteiger charge is -2.31. The molecule has 0 saturated carbocycles. The fourth-order valence-corrected chi connectivity index (χ4v) is 4.41. The largest absolute Gasteiger partial charge is 0.480 e. The lowest BCUT2D eigenvalue weighted by molar-refractivity contribution is -0.142. The number of halogens is 1. The van der Waals surface area contributed by atoms with Crippen LogP contribution in [0.5, 0.6) is 0 Å². The number of nitrogens with zero attached hydrogens (tertiary/aromatic N) is 1. The van der Waals surface area contributed by atoms with E-state index in [9.17, 15) is 9.90 Å². The SMILES string of the molecule is Cc1ccc(C(c2ccccc2Cl)N2CCCC2C(=O)O)s1. The van der Waals surface area contributed by atoms with E-state index >= 15 is 0 Å². The third-order valence-corrected chi connectivity index (χ3v) is 5.54. The molecule has 2 unspecified atom stereocenters. The standard InChI is InChI=1S/C17H18ClNO2S/c1-11-8-9-15(22-11)16(12-5-2-3-6-13(12)18)19-10-4-7-14(19)17(20)21/h2-3,5-6,8-9,14,16H,4,7,10H2,1H3,(H,20,21). The number of rotatable bonds is 4. The lowest BCUT2D eigenvalue weighted by Crippen LogP contribution is -2.39. The molecule has 2 aromatic rings. The van der Waals surface area contributed by atoms with Crippen molar-refractivity contribution in [3.05, 3.63) is 56.7 Å². The normalized spacial score (nSPS) is 20.2. The molecule has 0 spiro atoms. The van der Waals surface area contributed by atoms with Crippen LogP contribution in [0.1, 0.15) is 34.2 Å². The number of likely N-dealkylation sites (tertiary alicyclic amines) is 1. The van der Waals surface area contributed by atoms with Gasteiger partial charge in [0.15, 0.2) is 0 Å². The minimum atomic E-state index is -0.747. The Morgan fingerprint density at radius 1 is 1.36 bits per heavy atom. The van der Waals surface area contributed by atoms with Crippen molar-refractivity contribution in [1.29, 1.82) is 0 Å². The Bertz CT molecular complexity index is 685. The smallest absolute Gasteiger partial charge is 0.320 e. The van der Waals surface area contributed by atoms with Crippen molar-refractivity contribution in [2.24, 2.45) is 0 Å². The molecule has 1 saturated heterocycles. The summed E-state index contributed by atoms with van der Waals surface area (Å²) >= 11 is 8.12. The van der Waals surface area contributed by atoms with Gasteiger partial charge in [-0.15, -0.1) is 11.3 Å². The monoisotopic (exact) mass is 335 g/mol. The number of hydrogen-bond donors (Lipinski definition) is 1. The molecule has 2 atom stereocenters. The zero-order chi connectivity index (χ0) is 15.7. The molecule has 3 nitrogen and oxygen atoms in total. The molecule has 0 amide bonds. The molecule has 0 aliphatic carbocycles. The fourth-order valence-electron chi connectivity index (χ4n) is 3.16. The van der Waals surface area contributed by atoms with Gasteiger partial charge < -0.3 is 5.11 Å². The zero-order valence-corrected chi connectivity index (χ0v) is 13.9. The van der Waals surface area contributed by atoms with E-state index in [1.807, 2.05) is 24.3 Å². The van der Waals surface area contributed by atoms with Crippen LogP contribution in [0.4, 0.5) is 0 Å². The fraction of sp³-hybridized carbons (Fsp3) is 0.353. The van der Waals surface area contributed by atoms with E-state index < -0.39 is 12.0 Å². The zero-order valence-electron chi connectivity index (χ0n) is 12.3. The molecule has 1 aliphatic rings. The van der Waals surface area contributed by atoms with Gasteiger partial charge in [0, 0.05) is 21.3 Å². The third-order valence-electron chi connectivity index (χ3n) is 4.14. The number of carboxylic acids is 1. The van der Waals surface area contributed by atoms with Gasteiger partial charge in [-0.1, -0.05) is 29.8 Å². The van der Waals surface area contributed by atoms with Gasteiger partial charge >= 0.3 is 5.97 Å². The molecule has 0 radical (unpaired) electrons. The molecule has 1 fully saturated rings. The molecular weight excluding hydrogens is 318 g/mol. The summed E-state index contributed by atoms with van der Waals surface area (Å²) in [5.41, 5.74) is 0.985. The number of hydrogen-bond acceptors (Lipinski definition) is 3. The van der Waals surface area contributed by atoms with Crippen LogP contribution in [0, 0.1) is 6.92 Å². The molecule has 1 aliphatic heterocycles. The second kappa shape index (κ2) is 6.41. The first-order chi connectivity index (χ1) is 10.6. The molecule has 116 valence electrons. The van der Waals surface area contributed by atoms with Gasteiger partial charge in [-0.05, 0) is 43.5 Å². The van der Waals surface area contributed by atoms with E-state index in [4.69, 9.17) is 11.6 Å². The Morgan fingerprint density at radius 2 is 2.14 bits per heavy atom. The second-order valence-corrected chi connectivity index (χ2v) is 7.33. The van der Waals surface area contributed by atoms with Crippen LogP contribution in [0.25, 0.3) is 0 Å². The van der Waals surface area contributed by atoms with Gasteiger partial charge in [-0.25, -0.2) is 0 Å². The van der Waals surface area contributed by atoms with Crippen molar-refractivity contribution < 1.29 is 9.90 Å². The molecule has 0 bridgehead atoms. The Balaban J connectivity index is 2.07. The number of carbonyl (C=O) groups is 1. The summed E-state index contributed by atoms with van der Waals surface area (Å²) in [4.78, 5) is 16.0. The average molecular weight is 336 g/mol. The number of thiophene rings is 1. The first-order valence-electron chi connectivity index (χ1n) is 7.37. The highest BCUT2D eigenvalue weighted by molar-refractivity contribution is 7.12. The second-order valence-electron chi connectivity index (χ2n) is 5.61. The van der Waals surface area contributed by atoms with Gasteiger partial charge in [0.25, 0.3) is 0 Å². The highest BCUT2D eigenvalue weighted by Gasteiger charge is 2.37. The molecule has 5 heteroatoms. The molecule has 1 aromatic carbocycles. The molecule has 3 rings (SSSR count). The van der Waals surface area contributed by atoms with Crippen molar-refractivity contribution >= 4 is 28.9 Å². The first kappa shape index (κ1) is 15.5. The molecule has 2 heterocycles. The molecular formula is C17H18ClNO2S. The van der Waals surface area contributed by atoms with E-state index in [1.165, 1.54) is 4.88 Å². The summed E-state index contributed by atoms with van der Waals surface area (Å²) in [7, 11) is 0. The third kappa shape index (κ3) is 2.91. The van der Waals surface area contributed by atoms with Crippen LogP contribution < -0.4 is 0 Å². The molecule has 22 heavy (non-hydrogen) atoms. The summed E-state index contributed by atoms with van der Waals surface area (Å²) in [5.74, 6) is -0.747. The maximum absolute atomic E-state index is 11.6. The van der Waals surface area contributed by atoms with Crippen molar-refractivity contribution in [3.8, 4) is 0 Å². The molecule has 1 aromatic heterocycles. The van der Waals surface area contributed by atoms with Crippen LogP contribution in [0.15, 0.2) is 36.4 Å². The van der Waals surface area contributed by atoms with Crippen LogP contribution in [-0.2, 0) is 4.79 Å². The summed E-state index contributed by atoms with van der Waals surface area (Å²) < 4.78 is 0. The van der Waals surface area contributed by atoms with Crippen molar-refractivity contribution in [1.82, 2.24) is 4.90 Å². The predicted molar refractivity (Wildman–Crippen MR) is 89.7 cm³/mol. The Kier molecular flexibility index (Phi) is 4.52. The summed E-state index contributed by atoms with van der Waals surface area (Å²) in [6, 6.07) is 11.4. The van der Waals surface area contributed by atoms with Gasteiger partial charge in [0.05, 0.1) is 6.04 Å². The van der Waals surface area contributed by atoms with E-state index in [1.54, 1.807) is 11.3 Å². The van der Waals surface area contributed by atoms with Gasteiger partial charge in [0.1, 0.15) is 6.04 Å². The Hall–Kier alpha value is -1.36. The maximum Gasteiger partial charge on any atom is 0.320 e. The van der Waals surface area contributed by atoms with Crippen LogP contribution in [0.2, 0.25) is 5.02 Å². The predicted octanol–water partition coefficient (Wildman–Crippen LogP) is 4.35. The van der Waals surface area contributed by atoms with E-state index in [0.717, 1.165) is 23.4 Å². The Labute approximate surface area is 139 Å². The van der Waals surface area contributed by atoms with Crippen molar-refractivity contribution in [2.75, 3.05) is 6.54 Å². The number of carboxylic acid groups (broad SMARTS) is 1. The topological polar surface area (TPSA) is 40.5 Å². The number of benzene rings is 1. The number of aliphatic carboxylic acids is 1. The van der Waals surface area contributed by atoms with Crippen LogP contribution in [-0.4, -0.2) is 28.6 Å². The summed E-state index contributed by atoms with van der Waals surface area (Å²) in [5, 5.41) is 10.2. The van der Waals surface area contributed by atoms with Crippen molar-refractivity contribution in [2.45, 2.75) is 31.8 Å². The average Bonchev–Trinajstić information content (AvgIpc) is 3.11. The van der Waals surface area contributed by atoms with Crippen LogP contribution >= 0.6 is 22.9 Å². The minimum absolute atomic E-state index is 0.0870.